The molecule has 1 aromatic carbocycles. The van der Waals surface area contributed by atoms with Gasteiger partial charge in [-0.15, -0.1) is 0 Å². The normalized spacial score (nSPS) is 8.50. The van der Waals surface area contributed by atoms with E-state index in [9.17, 15) is 0 Å². The number of fused-ring (bicyclic) bond motifs is 1. The first-order chi connectivity index (χ1) is 6.70. The van der Waals surface area contributed by atoms with Crippen molar-refractivity contribution in [2.75, 3.05) is 0 Å². The maximum atomic E-state index is 8.48. The molecule has 0 radical (unpaired) electrons. The van der Waals surface area contributed by atoms with Gasteiger partial charge in [0.1, 0.15) is 0 Å². The first-order valence-electron chi connectivity index (χ1n) is 3.87. The molecule has 1 aromatic heterocycles. The minimum absolute atomic E-state index is 0. The number of hydrogen-bond acceptors (Lipinski definition) is 3. The first kappa shape index (κ1) is 18.8. The van der Waals surface area contributed by atoms with Gasteiger partial charge in [-0.1, -0.05) is 12.1 Å². The Bertz CT molecular complexity index is 337. The van der Waals surface area contributed by atoms with Crippen molar-refractivity contribution in [1.82, 2.24) is 0 Å². The molecule has 0 spiro atoms. The molecule has 4 nitrogen and oxygen atoms in total. The molecule has 0 fully saturated rings. The zero-order valence-corrected chi connectivity index (χ0v) is 12.4. The third-order valence-corrected chi connectivity index (χ3v) is 1.57. The van der Waals surface area contributed by atoms with Crippen LogP contribution in [-0.2, 0) is 17.1 Å². The van der Waals surface area contributed by atoms with Gasteiger partial charge in [0, 0.05) is 17.5 Å². The van der Waals surface area contributed by atoms with E-state index in [2.05, 4.69) is 23.2 Å². The summed E-state index contributed by atoms with van der Waals surface area (Å²) in [4.78, 5) is 28.6. The Labute approximate surface area is 127 Å². The van der Waals surface area contributed by atoms with E-state index in [0.717, 1.165) is 0 Å². The molecule has 7 heteroatoms. The summed E-state index contributed by atoms with van der Waals surface area (Å²) in [6.07, 6.45) is 1.93. The van der Waals surface area contributed by atoms with Gasteiger partial charge in [0.25, 0.3) is 0 Å². The van der Waals surface area contributed by atoms with Crippen LogP contribution in [0.25, 0.3) is 10.9 Å². The van der Waals surface area contributed by atoms with Crippen LogP contribution in [0.3, 0.4) is 0 Å². The van der Waals surface area contributed by atoms with E-state index in [0.29, 0.717) is 0 Å². The van der Waals surface area contributed by atoms with Crippen LogP contribution >= 0.6 is 8.60 Å². The Morgan fingerprint density at radius 1 is 0.938 bits per heavy atom. The second kappa shape index (κ2) is 10.6. The van der Waals surface area contributed by atoms with Crippen molar-refractivity contribution in [2.45, 2.75) is 0 Å². The number of nitrogens with one attached hydrogen (secondary N) is 1. The molecule has 0 aliphatic heterocycles. The molecule has 0 aliphatic rings. The van der Waals surface area contributed by atoms with Crippen molar-refractivity contribution in [3.8, 4) is 0 Å². The van der Waals surface area contributed by atoms with Gasteiger partial charge >= 0.3 is 46.6 Å². The number of hydrogen-bond donors (Lipinski definition) is 0. The summed E-state index contributed by atoms with van der Waals surface area (Å²) in [5, 5.41) is 1.25. The molecule has 1 heterocycles. The molecule has 0 saturated heterocycles. The third kappa shape index (κ3) is 7.69. The minimum Gasteiger partial charge on any atom is -0.854 e. The molecule has 2 aromatic rings. The van der Waals surface area contributed by atoms with Crippen molar-refractivity contribution >= 4 is 19.5 Å². The van der Waals surface area contributed by atoms with E-state index < -0.39 is 8.60 Å². The van der Waals surface area contributed by atoms with Crippen molar-refractivity contribution in [3.05, 3.63) is 42.6 Å². The van der Waals surface area contributed by atoms with Crippen LogP contribution in [0.15, 0.2) is 42.6 Å². The van der Waals surface area contributed by atoms with Gasteiger partial charge in [0.15, 0.2) is 6.20 Å². The van der Waals surface area contributed by atoms with E-state index in [1.54, 1.807) is 0 Å². The third-order valence-electron chi connectivity index (χ3n) is 1.57. The maximum absolute atomic E-state index is 8.48. The summed E-state index contributed by atoms with van der Waals surface area (Å²) < 4.78 is 0. The number of pyridine rings is 1. The molecule has 1 N–H and O–H groups in total. The van der Waals surface area contributed by atoms with Gasteiger partial charge in [-0.05, 0) is 12.1 Å². The van der Waals surface area contributed by atoms with Crippen molar-refractivity contribution in [3.63, 3.8) is 0 Å². The van der Waals surface area contributed by atoms with Crippen LogP contribution in [0.2, 0.25) is 0 Å². The molecule has 0 saturated carbocycles. The van der Waals surface area contributed by atoms with Gasteiger partial charge in [-0.25, -0.2) is 4.98 Å². The monoisotopic (exact) mass is 295 g/mol. The van der Waals surface area contributed by atoms with Gasteiger partial charge in [-0.3, -0.25) is 0 Å². The first-order valence-corrected chi connectivity index (χ1v) is 4.96. The SMILES string of the molecule is [Cu+].[Na+].[O-]P([O-])[O-].c1ccc2[nH+]cccc2c1. The average Bonchev–Trinajstić information content (AvgIpc) is 2.17. The topological polar surface area (TPSA) is 83.3 Å². The Morgan fingerprint density at radius 2 is 1.44 bits per heavy atom. The minimum atomic E-state index is -3.37. The van der Waals surface area contributed by atoms with Gasteiger partial charge in [0.2, 0.25) is 5.52 Å². The van der Waals surface area contributed by atoms with Crippen LogP contribution in [0.4, 0.5) is 0 Å². The van der Waals surface area contributed by atoms with E-state index in [4.69, 9.17) is 14.7 Å². The average molecular weight is 296 g/mol. The second-order valence-corrected chi connectivity index (χ2v) is 2.93. The number of aromatic nitrogens is 1. The van der Waals surface area contributed by atoms with Crippen molar-refractivity contribution < 1.29 is 66.3 Å². The predicted octanol–water partition coefficient (Wildman–Crippen LogP) is -4.05. The Balaban J connectivity index is 0. The Hall–Kier alpha value is 0.459. The van der Waals surface area contributed by atoms with Gasteiger partial charge in [-0.2, -0.15) is 0 Å². The summed E-state index contributed by atoms with van der Waals surface area (Å²) in [6.45, 7) is 0. The van der Waals surface area contributed by atoms with Gasteiger partial charge < -0.3 is 23.3 Å². The Morgan fingerprint density at radius 3 is 2.00 bits per heavy atom. The summed E-state index contributed by atoms with van der Waals surface area (Å²) in [6, 6.07) is 12.3. The molecule has 0 bridgehead atoms. The molecule has 0 atom stereocenters. The van der Waals surface area contributed by atoms with E-state index in [-0.39, 0.29) is 46.6 Å². The zero-order valence-electron chi connectivity index (χ0n) is 8.51. The quantitative estimate of drug-likeness (QED) is 0.366. The number of aromatic amines is 1. The fourth-order valence-electron chi connectivity index (χ4n) is 1.06. The summed E-state index contributed by atoms with van der Waals surface area (Å²) in [5.74, 6) is 0. The number of rotatable bonds is 0. The summed E-state index contributed by atoms with van der Waals surface area (Å²) in [7, 11) is -3.37. The Kier molecular flexibility index (Phi) is 12.5. The molecular weight excluding hydrogens is 288 g/mol. The molecule has 16 heavy (non-hydrogen) atoms. The largest absolute Gasteiger partial charge is 1.00 e. The number of benzene rings is 1. The second-order valence-electron chi connectivity index (χ2n) is 2.48. The summed E-state index contributed by atoms with van der Waals surface area (Å²) in [5.41, 5.74) is 1.19. The van der Waals surface area contributed by atoms with Crippen LogP contribution in [-0.4, -0.2) is 0 Å². The van der Waals surface area contributed by atoms with E-state index >= 15 is 0 Å². The maximum Gasteiger partial charge on any atom is 1.00 e. The fraction of sp³-hybridized carbons (Fsp3) is 0. The molecule has 0 unspecified atom stereocenters. The molecular formula is C9H8CuNNaO3P. The van der Waals surface area contributed by atoms with Crippen LogP contribution < -0.4 is 49.2 Å². The zero-order chi connectivity index (χ0) is 10.4. The number of H-pyrrole nitrogens is 1. The fourth-order valence-corrected chi connectivity index (χ4v) is 1.06. The van der Waals surface area contributed by atoms with E-state index in [1.165, 1.54) is 10.9 Å². The van der Waals surface area contributed by atoms with Crippen LogP contribution in [0, 0.1) is 0 Å². The number of para-hydroxylation sites is 1. The van der Waals surface area contributed by atoms with E-state index in [1.807, 2.05) is 24.4 Å². The van der Waals surface area contributed by atoms with Crippen LogP contribution in [0.5, 0.6) is 0 Å². The standard InChI is InChI=1S/C9H7N.Cu.Na.O3P/c1-2-6-9-8(4-1)5-3-7-10-9;;;1-4(2)3/h1-7H;;;/q;2*+1;-3/p+1. The van der Waals surface area contributed by atoms with Crippen molar-refractivity contribution in [1.29, 1.82) is 0 Å². The molecule has 0 amide bonds. The molecule has 0 aliphatic carbocycles. The summed E-state index contributed by atoms with van der Waals surface area (Å²) >= 11 is 0. The predicted molar refractivity (Wildman–Crippen MR) is 47.4 cm³/mol. The molecule has 2 rings (SSSR count). The molecule has 84 valence electrons. The van der Waals surface area contributed by atoms with Crippen molar-refractivity contribution in [2.24, 2.45) is 0 Å². The van der Waals surface area contributed by atoms with Gasteiger partial charge in [0.05, 0.1) is 0 Å². The van der Waals surface area contributed by atoms with Crippen LogP contribution in [0.1, 0.15) is 0 Å². The smallest absolute Gasteiger partial charge is 0.854 e.